The van der Waals surface area contributed by atoms with Crippen molar-refractivity contribution in [2.45, 2.75) is 51.3 Å². The monoisotopic (exact) mass is 323 g/mol. The van der Waals surface area contributed by atoms with E-state index in [1.165, 1.54) is 11.1 Å². The molecule has 0 amide bonds. The maximum absolute atomic E-state index is 5.93. The molecule has 3 rings (SSSR count). The molecule has 0 N–H and O–H groups in total. The summed E-state index contributed by atoms with van der Waals surface area (Å²) in [5.41, 5.74) is 2.81. The van der Waals surface area contributed by atoms with Crippen molar-refractivity contribution >= 4 is 0 Å². The van der Waals surface area contributed by atoms with Crippen LogP contribution in [0.5, 0.6) is 0 Å². The molecule has 2 nitrogen and oxygen atoms in total. The third-order valence-corrected chi connectivity index (χ3v) is 4.95. The van der Waals surface area contributed by atoms with E-state index in [0.29, 0.717) is 6.04 Å². The van der Waals surface area contributed by atoms with Gasteiger partial charge in [0.25, 0.3) is 0 Å². The second-order valence-corrected chi connectivity index (χ2v) is 7.45. The lowest BCUT2D eigenvalue weighted by Gasteiger charge is -2.41. The summed E-state index contributed by atoms with van der Waals surface area (Å²) in [6.45, 7) is 7.43. The Morgan fingerprint density at radius 1 is 0.958 bits per heavy atom. The highest BCUT2D eigenvalue weighted by Gasteiger charge is 2.32. The van der Waals surface area contributed by atoms with Gasteiger partial charge in [-0.25, -0.2) is 0 Å². The molecular formula is C22H29NO. The molecule has 2 heteroatoms. The zero-order chi connectivity index (χ0) is 16.8. The molecule has 2 aromatic carbocycles. The van der Waals surface area contributed by atoms with E-state index >= 15 is 0 Å². The summed E-state index contributed by atoms with van der Waals surface area (Å²) in [5, 5.41) is 0. The number of benzene rings is 2. The van der Waals surface area contributed by atoms with Gasteiger partial charge < -0.3 is 4.74 Å². The van der Waals surface area contributed by atoms with E-state index in [1.54, 1.807) is 0 Å². The van der Waals surface area contributed by atoms with Crippen molar-refractivity contribution in [2.24, 2.45) is 0 Å². The van der Waals surface area contributed by atoms with Crippen molar-refractivity contribution in [1.29, 1.82) is 0 Å². The molecule has 0 bridgehead atoms. The molecule has 0 unspecified atom stereocenters. The van der Waals surface area contributed by atoms with Gasteiger partial charge in [0.2, 0.25) is 0 Å². The fourth-order valence-electron chi connectivity index (χ4n) is 3.64. The largest absolute Gasteiger partial charge is 0.375 e. The Kier molecular flexibility index (Phi) is 5.70. The van der Waals surface area contributed by atoms with Gasteiger partial charge in [-0.2, -0.15) is 0 Å². The van der Waals surface area contributed by atoms with Gasteiger partial charge in [-0.3, -0.25) is 4.90 Å². The van der Waals surface area contributed by atoms with Crippen LogP contribution < -0.4 is 0 Å². The molecule has 0 spiro atoms. The summed E-state index contributed by atoms with van der Waals surface area (Å²) in [6, 6.07) is 22.3. The summed E-state index contributed by atoms with van der Waals surface area (Å²) < 4.78 is 5.93. The molecular weight excluding hydrogens is 294 g/mol. The van der Waals surface area contributed by atoms with E-state index in [4.69, 9.17) is 4.74 Å². The number of hydrogen-bond acceptors (Lipinski definition) is 2. The van der Waals surface area contributed by atoms with Crippen molar-refractivity contribution in [3.05, 3.63) is 71.8 Å². The van der Waals surface area contributed by atoms with E-state index < -0.39 is 0 Å². The predicted octanol–water partition coefficient (Wildman–Crippen LogP) is 4.69. The fraction of sp³-hybridized carbons (Fsp3) is 0.455. The minimum absolute atomic E-state index is 0.00932. The van der Waals surface area contributed by atoms with Crippen molar-refractivity contribution < 1.29 is 4.74 Å². The molecule has 24 heavy (non-hydrogen) atoms. The first kappa shape index (κ1) is 17.2. The molecule has 1 saturated heterocycles. The number of hydrogen-bond donors (Lipinski definition) is 0. The lowest BCUT2D eigenvalue weighted by Crippen LogP contribution is -2.46. The number of nitrogens with zero attached hydrogens (tertiary/aromatic N) is 1. The molecule has 1 aliphatic rings. The summed E-state index contributed by atoms with van der Waals surface area (Å²) in [4.78, 5) is 2.66. The highest BCUT2D eigenvalue weighted by molar-refractivity contribution is 5.16. The molecule has 1 heterocycles. The van der Waals surface area contributed by atoms with Gasteiger partial charge in [-0.1, -0.05) is 60.7 Å². The molecule has 128 valence electrons. The van der Waals surface area contributed by atoms with Gasteiger partial charge >= 0.3 is 0 Å². The first-order valence-electron chi connectivity index (χ1n) is 9.08. The highest BCUT2D eigenvalue weighted by atomic mass is 16.5. The Hall–Kier alpha value is -1.64. The van der Waals surface area contributed by atoms with E-state index in [-0.39, 0.29) is 5.60 Å². The molecule has 1 atom stereocenters. The van der Waals surface area contributed by atoms with Crippen LogP contribution in [0.3, 0.4) is 0 Å². The second kappa shape index (κ2) is 7.96. The Morgan fingerprint density at radius 2 is 1.58 bits per heavy atom. The summed E-state index contributed by atoms with van der Waals surface area (Å²) >= 11 is 0. The van der Waals surface area contributed by atoms with Crippen molar-refractivity contribution in [1.82, 2.24) is 4.90 Å². The maximum Gasteiger partial charge on any atom is 0.0641 e. The summed E-state index contributed by atoms with van der Waals surface area (Å²) in [5.74, 6) is 0. The number of rotatable bonds is 6. The molecule has 0 aromatic heterocycles. The topological polar surface area (TPSA) is 12.5 Å². The van der Waals surface area contributed by atoms with Crippen LogP contribution in [-0.4, -0.2) is 29.7 Å². The van der Waals surface area contributed by atoms with Gasteiger partial charge in [-0.05, 0) is 44.2 Å². The van der Waals surface area contributed by atoms with Crippen LogP contribution in [0.15, 0.2) is 60.7 Å². The van der Waals surface area contributed by atoms with Crippen LogP contribution in [-0.2, 0) is 17.7 Å². The average molecular weight is 323 g/mol. The Morgan fingerprint density at radius 3 is 2.21 bits per heavy atom. The Labute approximate surface area is 146 Å². The van der Waals surface area contributed by atoms with Gasteiger partial charge in [-0.15, -0.1) is 0 Å². The lowest BCUT2D eigenvalue weighted by molar-refractivity contribution is -0.0844. The van der Waals surface area contributed by atoms with Gasteiger partial charge in [0.05, 0.1) is 5.60 Å². The van der Waals surface area contributed by atoms with Crippen LogP contribution in [0.1, 0.15) is 37.8 Å². The Balaban J connectivity index is 1.70. The first-order valence-corrected chi connectivity index (χ1v) is 9.08. The molecule has 1 aliphatic heterocycles. The summed E-state index contributed by atoms with van der Waals surface area (Å²) in [7, 11) is 0. The smallest absolute Gasteiger partial charge is 0.0641 e. The van der Waals surface area contributed by atoms with E-state index in [9.17, 15) is 0 Å². The SMILES string of the molecule is CC1(C)C[C@@H](N(CCc2ccccc2)Cc2ccccc2)CCO1. The predicted molar refractivity (Wildman–Crippen MR) is 100 cm³/mol. The van der Waals surface area contributed by atoms with Gasteiger partial charge in [0, 0.05) is 25.7 Å². The zero-order valence-corrected chi connectivity index (χ0v) is 14.9. The van der Waals surface area contributed by atoms with E-state index in [2.05, 4.69) is 79.4 Å². The van der Waals surface area contributed by atoms with Crippen LogP contribution in [0.2, 0.25) is 0 Å². The fourth-order valence-corrected chi connectivity index (χ4v) is 3.64. The van der Waals surface area contributed by atoms with Crippen molar-refractivity contribution in [2.75, 3.05) is 13.2 Å². The second-order valence-electron chi connectivity index (χ2n) is 7.45. The van der Waals surface area contributed by atoms with Crippen LogP contribution in [0.4, 0.5) is 0 Å². The molecule has 0 aliphatic carbocycles. The van der Waals surface area contributed by atoms with Crippen LogP contribution in [0.25, 0.3) is 0 Å². The maximum atomic E-state index is 5.93. The molecule has 2 aromatic rings. The van der Waals surface area contributed by atoms with Crippen molar-refractivity contribution in [3.63, 3.8) is 0 Å². The highest BCUT2D eigenvalue weighted by Crippen LogP contribution is 2.28. The molecule has 1 fully saturated rings. The first-order chi connectivity index (χ1) is 11.6. The van der Waals surface area contributed by atoms with Crippen LogP contribution in [0, 0.1) is 0 Å². The van der Waals surface area contributed by atoms with Gasteiger partial charge in [0.15, 0.2) is 0 Å². The van der Waals surface area contributed by atoms with Crippen molar-refractivity contribution in [3.8, 4) is 0 Å². The van der Waals surface area contributed by atoms with E-state index in [1.807, 2.05) is 0 Å². The molecule has 0 saturated carbocycles. The zero-order valence-electron chi connectivity index (χ0n) is 14.9. The summed E-state index contributed by atoms with van der Waals surface area (Å²) in [6.07, 6.45) is 3.34. The third kappa shape index (κ3) is 4.93. The molecule has 0 radical (unpaired) electrons. The standard InChI is InChI=1S/C22H29NO/c1-22(2)17-21(14-16-24-22)23(18-20-11-7-4-8-12-20)15-13-19-9-5-3-6-10-19/h3-12,21H,13-18H2,1-2H3/t21-/m0/s1. The number of ether oxygens (including phenoxy) is 1. The Bertz CT molecular complexity index is 608. The minimum Gasteiger partial charge on any atom is -0.375 e. The average Bonchev–Trinajstić information content (AvgIpc) is 2.59. The van der Waals surface area contributed by atoms with Gasteiger partial charge in [0.1, 0.15) is 0 Å². The van der Waals surface area contributed by atoms with Crippen LogP contribution >= 0.6 is 0 Å². The lowest BCUT2D eigenvalue weighted by atomic mass is 9.92. The normalized spacial score (nSPS) is 20.2. The van der Waals surface area contributed by atoms with E-state index in [0.717, 1.165) is 39.0 Å². The third-order valence-electron chi connectivity index (χ3n) is 4.95. The quantitative estimate of drug-likeness (QED) is 0.765. The minimum atomic E-state index is -0.00932.